The van der Waals surface area contributed by atoms with Crippen molar-refractivity contribution in [1.29, 1.82) is 0 Å². The number of benzene rings is 1. The average molecular weight is 319 g/mol. The van der Waals surface area contributed by atoms with E-state index in [-0.39, 0.29) is 12.0 Å². The van der Waals surface area contributed by atoms with Crippen LogP contribution in [0.2, 0.25) is 0 Å². The van der Waals surface area contributed by atoms with Crippen molar-refractivity contribution in [3.8, 4) is 17.2 Å². The highest BCUT2D eigenvalue weighted by Crippen LogP contribution is 2.41. The SMILES string of the molecule is COc1ccc(OCC(C)(C)CO)c(OC)c1Br. The first-order valence-electron chi connectivity index (χ1n) is 5.59. The first-order valence-corrected chi connectivity index (χ1v) is 6.38. The van der Waals surface area contributed by atoms with Crippen LogP contribution in [0.4, 0.5) is 0 Å². The van der Waals surface area contributed by atoms with Gasteiger partial charge in [-0.2, -0.15) is 0 Å². The van der Waals surface area contributed by atoms with Crippen LogP contribution in [0.15, 0.2) is 16.6 Å². The molecule has 0 aliphatic rings. The normalized spacial score (nSPS) is 11.2. The van der Waals surface area contributed by atoms with Crippen molar-refractivity contribution in [1.82, 2.24) is 0 Å². The van der Waals surface area contributed by atoms with Gasteiger partial charge in [0.15, 0.2) is 11.5 Å². The topological polar surface area (TPSA) is 47.9 Å². The first-order chi connectivity index (χ1) is 8.45. The van der Waals surface area contributed by atoms with Crippen molar-refractivity contribution in [2.45, 2.75) is 13.8 Å². The molecule has 1 aromatic carbocycles. The molecule has 0 aliphatic heterocycles. The lowest BCUT2D eigenvalue weighted by Gasteiger charge is -2.23. The van der Waals surface area contributed by atoms with Gasteiger partial charge >= 0.3 is 0 Å². The summed E-state index contributed by atoms with van der Waals surface area (Å²) in [5, 5.41) is 9.19. The van der Waals surface area contributed by atoms with E-state index in [1.165, 1.54) is 0 Å². The molecule has 0 aliphatic carbocycles. The molecule has 4 nitrogen and oxygen atoms in total. The Morgan fingerprint density at radius 2 is 1.78 bits per heavy atom. The highest BCUT2D eigenvalue weighted by molar-refractivity contribution is 9.10. The molecule has 0 radical (unpaired) electrons. The summed E-state index contributed by atoms with van der Waals surface area (Å²) in [6.45, 7) is 4.32. The Hall–Kier alpha value is -0.940. The molecule has 0 bridgehead atoms. The minimum atomic E-state index is -0.294. The molecule has 0 aromatic heterocycles. The Kier molecular flexibility index (Phi) is 5.28. The second-order valence-electron chi connectivity index (χ2n) is 4.72. The summed E-state index contributed by atoms with van der Waals surface area (Å²) < 4.78 is 16.9. The van der Waals surface area contributed by atoms with E-state index in [1.807, 2.05) is 13.8 Å². The van der Waals surface area contributed by atoms with Crippen LogP contribution < -0.4 is 14.2 Å². The molecule has 1 rings (SSSR count). The average Bonchev–Trinajstić information content (AvgIpc) is 2.36. The molecule has 0 saturated heterocycles. The fourth-order valence-electron chi connectivity index (χ4n) is 1.30. The van der Waals surface area contributed by atoms with E-state index in [0.29, 0.717) is 28.3 Å². The molecule has 5 heteroatoms. The maximum atomic E-state index is 9.19. The van der Waals surface area contributed by atoms with Gasteiger partial charge in [-0.1, -0.05) is 13.8 Å². The van der Waals surface area contributed by atoms with Crippen molar-refractivity contribution in [3.63, 3.8) is 0 Å². The largest absolute Gasteiger partial charge is 0.495 e. The maximum absolute atomic E-state index is 9.19. The molecule has 0 heterocycles. The van der Waals surface area contributed by atoms with Gasteiger partial charge in [0.05, 0.1) is 27.4 Å². The van der Waals surface area contributed by atoms with Crippen LogP contribution in [-0.2, 0) is 0 Å². The lowest BCUT2D eigenvalue weighted by Crippen LogP contribution is -2.25. The molecule has 0 fully saturated rings. The molecule has 0 unspecified atom stereocenters. The molecule has 1 N–H and O–H groups in total. The van der Waals surface area contributed by atoms with Crippen LogP contribution in [0.3, 0.4) is 0 Å². The van der Waals surface area contributed by atoms with Gasteiger partial charge < -0.3 is 19.3 Å². The zero-order valence-electron chi connectivity index (χ0n) is 11.1. The molecule has 1 aromatic rings. The van der Waals surface area contributed by atoms with E-state index < -0.39 is 0 Å². The van der Waals surface area contributed by atoms with Crippen LogP contribution >= 0.6 is 15.9 Å². The van der Waals surface area contributed by atoms with Crippen molar-refractivity contribution >= 4 is 15.9 Å². The molecule has 0 atom stereocenters. The Morgan fingerprint density at radius 1 is 1.17 bits per heavy atom. The summed E-state index contributed by atoms with van der Waals surface area (Å²) in [4.78, 5) is 0. The lowest BCUT2D eigenvalue weighted by molar-refractivity contribution is 0.0957. The Balaban J connectivity index is 2.93. The second kappa shape index (κ2) is 6.29. The van der Waals surface area contributed by atoms with Gasteiger partial charge in [0.1, 0.15) is 10.2 Å². The standard InChI is InChI=1S/C13H19BrO4/c1-13(2,7-15)8-18-10-6-5-9(16-3)11(14)12(10)17-4/h5-6,15H,7-8H2,1-4H3. The fourth-order valence-corrected chi connectivity index (χ4v) is 1.95. The van der Waals surface area contributed by atoms with Gasteiger partial charge in [-0.05, 0) is 28.1 Å². The van der Waals surface area contributed by atoms with Gasteiger partial charge in [0.2, 0.25) is 0 Å². The quantitative estimate of drug-likeness (QED) is 0.876. The number of hydrogen-bond donors (Lipinski definition) is 1. The molecule has 0 amide bonds. The van der Waals surface area contributed by atoms with Crippen LogP contribution in [0.5, 0.6) is 17.2 Å². The predicted octanol–water partition coefficient (Wildman–Crippen LogP) is 2.86. The number of methoxy groups -OCH3 is 2. The molecular formula is C13H19BrO4. The highest BCUT2D eigenvalue weighted by atomic mass is 79.9. The third kappa shape index (κ3) is 3.53. The van der Waals surface area contributed by atoms with Gasteiger partial charge in [0, 0.05) is 5.41 Å². The summed E-state index contributed by atoms with van der Waals surface area (Å²) in [5.74, 6) is 1.88. The number of ether oxygens (including phenoxy) is 3. The van der Waals surface area contributed by atoms with E-state index in [2.05, 4.69) is 15.9 Å². The van der Waals surface area contributed by atoms with Gasteiger partial charge in [-0.3, -0.25) is 0 Å². The van der Waals surface area contributed by atoms with Gasteiger partial charge in [0.25, 0.3) is 0 Å². The van der Waals surface area contributed by atoms with Crippen LogP contribution in [0.25, 0.3) is 0 Å². The molecule has 18 heavy (non-hydrogen) atoms. The second-order valence-corrected chi connectivity index (χ2v) is 5.52. The smallest absolute Gasteiger partial charge is 0.178 e. The minimum Gasteiger partial charge on any atom is -0.495 e. The number of halogens is 1. The van der Waals surface area contributed by atoms with Gasteiger partial charge in [-0.25, -0.2) is 0 Å². The van der Waals surface area contributed by atoms with E-state index in [9.17, 15) is 5.11 Å². The number of aliphatic hydroxyl groups excluding tert-OH is 1. The number of aliphatic hydroxyl groups is 1. The minimum absolute atomic E-state index is 0.0621. The Bertz CT molecular complexity index is 404. The van der Waals surface area contributed by atoms with E-state index in [0.717, 1.165) is 0 Å². The third-order valence-corrected chi connectivity index (χ3v) is 3.25. The highest BCUT2D eigenvalue weighted by Gasteiger charge is 2.20. The monoisotopic (exact) mass is 318 g/mol. The van der Waals surface area contributed by atoms with Crippen molar-refractivity contribution in [2.24, 2.45) is 5.41 Å². The zero-order valence-corrected chi connectivity index (χ0v) is 12.7. The Morgan fingerprint density at radius 3 is 2.28 bits per heavy atom. The van der Waals surface area contributed by atoms with Crippen molar-refractivity contribution in [2.75, 3.05) is 27.4 Å². The van der Waals surface area contributed by atoms with Gasteiger partial charge in [-0.15, -0.1) is 0 Å². The molecular weight excluding hydrogens is 300 g/mol. The molecule has 0 spiro atoms. The van der Waals surface area contributed by atoms with E-state index in [1.54, 1.807) is 26.4 Å². The Labute approximate surface area is 116 Å². The summed E-state index contributed by atoms with van der Waals surface area (Å²) >= 11 is 3.41. The third-order valence-electron chi connectivity index (χ3n) is 2.50. The predicted molar refractivity (Wildman–Crippen MR) is 73.6 cm³/mol. The van der Waals surface area contributed by atoms with Crippen LogP contribution in [0, 0.1) is 5.41 Å². The zero-order chi connectivity index (χ0) is 13.8. The fraction of sp³-hybridized carbons (Fsp3) is 0.538. The van der Waals surface area contributed by atoms with E-state index >= 15 is 0 Å². The van der Waals surface area contributed by atoms with Crippen LogP contribution in [0.1, 0.15) is 13.8 Å². The summed E-state index contributed by atoms with van der Waals surface area (Å²) in [7, 11) is 3.17. The summed E-state index contributed by atoms with van der Waals surface area (Å²) in [5.41, 5.74) is -0.294. The summed E-state index contributed by atoms with van der Waals surface area (Å²) in [6, 6.07) is 3.59. The first kappa shape index (κ1) is 15.1. The van der Waals surface area contributed by atoms with Crippen LogP contribution in [-0.4, -0.2) is 32.5 Å². The maximum Gasteiger partial charge on any atom is 0.178 e. The van der Waals surface area contributed by atoms with Crippen molar-refractivity contribution < 1.29 is 19.3 Å². The molecule has 0 saturated carbocycles. The lowest BCUT2D eigenvalue weighted by atomic mass is 9.96. The van der Waals surface area contributed by atoms with E-state index in [4.69, 9.17) is 14.2 Å². The number of rotatable bonds is 6. The number of hydrogen-bond acceptors (Lipinski definition) is 4. The molecule has 102 valence electrons. The summed E-state index contributed by atoms with van der Waals surface area (Å²) in [6.07, 6.45) is 0. The van der Waals surface area contributed by atoms with Crippen molar-refractivity contribution in [3.05, 3.63) is 16.6 Å².